The molecular formula is C9H10BrNO2. The fraction of sp³-hybridized carbons (Fsp3) is 0.222. The minimum atomic E-state index is 0.470. The van der Waals surface area contributed by atoms with E-state index < -0.39 is 0 Å². The first-order chi connectivity index (χ1) is 6.29. The highest BCUT2D eigenvalue weighted by molar-refractivity contribution is 9.10. The summed E-state index contributed by atoms with van der Waals surface area (Å²) >= 11 is 3.38. The van der Waals surface area contributed by atoms with Crippen molar-refractivity contribution in [2.24, 2.45) is 0 Å². The molecular weight excluding hydrogens is 234 g/mol. The quantitative estimate of drug-likeness (QED) is 0.824. The zero-order chi connectivity index (χ0) is 9.68. The molecule has 1 N–H and O–H groups in total. The number of amides is 1. The molecule has 0 atom stereocenters. The summed E-state index contributed by atoms with van der Waals surface area (Å²) in [4.78, 5) is 10.3. The summed E-state index contributed by atoms with van der Waals surface area (Å²) in [5.41, 5.74) is 1.71. The van der Waals surface area contributed by atoms with Gasteiger partial charge in [0.05, 0.1) is 6.61 Å². The van der Waals surface area contributed by atoms with E-state index in [1.165, 1.54) is 0 Å². The number of ether oxygens (including phenoxy) is 1. The second-order valence-electron chi connectivity index (χ2n) is 2.46. The first-order valence-electron chi connectivity index (χ1n) is 3.76. The molecule has 0 saturated carbocycles. The molecule has 0 radical (unpaired) electrons. The standard InChI is InChI=1S/C9H10BrNO2/c1-13-5-7-8(10)3-2-4-9(7)11-6-12/h2-4,6H,5H2,1H3,(H,11,12). The lowest BCUT2D eigenvalue weighted by atomic mass is 10.2. The number of methoxy groups -OCH3 is 1. The zero-order valence-corrected chi connectivity index (χ0v) is 8.80. The van der Waals surface area contributed by atoms with Crippen molar-refractivity contribution in [2.45, 2.75) is 6.61 Å². The molecule has 4 heteroatoms. The smallest absolute Gasteiger partial charge is 0.211 e. The van der Waals surface area contributed by atoms with Crippen LogP contribution in [0.3, 0.4) is 0 Å². The van der Waals surface area contributed by atoms with Gasteiger partial charge in [0.15, 0.2) is 0 Å². The van der Waals surface area contributed by atoms with Crippen LogP contribution in [0.25, 0.3) is 0 Å². The van der Waals surface area contributed by atoms with E-state index in [4.69, 9.17) is 4.74 Å². The van der Waals surface area contributed by atoms with E-state index in [0.29, 0.717) is 13.0 Å². The molecule has 0 aliphatic carbocycles. The fourth-order valence-corrected chi connectivity index (χ4v) is 1.53. The molecule has 0 bridgehead atoms. The van der Waals surface area contributed by atoms with Crippen LogP contribution < -0.4 is 5.32 Å². The summed E-state index contributed by atoms with van der Waals surface area (Å²) in [7, 11) is 1.62. The van der Waals surface area contributed by atoms with Gasteiger partial charge in [-0.1, -0.05) is 22.0 Å². The van der Waals surface area contributed by atoms with E-state index in [1.54, 1.807) is 7.11 Å². The third kappa shape index (κ3) is 2.54. The number of halogens is 1. The van der Waals surface area contributed by atoms with E-state index in [-0.39, 0.29) is 0 Å². The highest BCUT2D eigenvalue weighted by atomic mass is 79.9. The van der Waals surface area contributed by atoms with Gasteiger partial charge in [0.1, 0.15) is 0 Å². The molecule has 1 aromatic carbocycles. The van der Waals surface area contributed by atoms with Crippen molar-refractivity contribution >= 4 is 28.0 Å². The SMILES string of the molecule is COCc1c(Br)cccc1NC=O. The number of rotatable bonds is 4. The van der Waals surface area contributed by atoms with E-state index in [9.17, 15) is 4.79 Å². The summed E-state index contributed by atoms with van der Waals surface area (Å²) < 4.78 is 5.94. The highest BCUT2D eigenvalue weighted by Gasteiger charge is 2.04. The number of carbonyl (C=O) groups is 1. The number of anilines is 1. The molecule has 0 aliphatic rings. The maximum absolute atomic E-state index is 10.3. The molecule has 13 heavy (non-hydrogen) atoms. The van der Waals surface area contributed by atoms with Gasteiger partial charge in [0.2, 0.25) is 6.41 Å². The van der Waals surface area contributed by atoms with Crippen molar-refractivity contribution < 1.29 is 9.53 Å². The van der Waals surface area contributed by atoms with Crippen LogP contribution >= 0.6 is 15.9 Å². The van der Waals surface area contributed by atoms with Crippen molar-refractivity contribution in [1.29, 1.82) is 0 Å². The van der Waals surface area contributed by atoms with Crippen LogP contribution in [0.15, 0.2) is 22.7 Å². The predicted molar refractivity (Wildman–Crippen MR) is 54.5 cm³/mol. The van der Waals surface area contributed by atoms with Crippen LogP contribution in [-0.4, -0.2) is 13.5 Å². The number of hydrogen-bond donors (Lipinski definition) is 1. The van der Waals surface area contributed by atoms with Gasteiger partial charge in [0.25, 0.3) is 0 Å². The summed E-state index contributed by atoms with van der Waals surface area (Å²) in [6.45, 7) is 0.470. The van der Waals surface area contributed by atoms with Gasteiger partial charge in [-0.3, -0.25) is 4.79 Å². The maximum atomic E-state index is 10.3. The normalized spacial score (nSPS) is 9.69. The first kappa shape index (κ1) is 10.2. The molecule has 0 fully saturated rings. The Bertz CT molecular complexity index is 302. The van der Waals surface area contributed by atoms with Gasteiger partial charge in [-0.15, -0.1) is 0 Å². The number of nitrogens with one attached hydrogen (secondary N) is 1. The summed E-state index contributed by atoms with van der Waals surface area (Å²) in [5.74, 6) is 0. The summed E-state index contributed by atoms with van der Waals surface area (Å²) in [6.07, 6.45) is 0.654. The molecule has 0 saturated heterocycles. The molecule has 0 unspecified atom stereocenters. The lowest BCUT2D eigenvalue weighted by Crippen LogP contribution is -2.00. The van der Waals surface area contributed by atoms with Gasteiger partial charge >= 0.3 is 0 Å². The van der Waals surface area contributed by atoms with Crippen LogP contribution in [0, 0.1) is 0 Å². The Morgan fingerprint density at radius 2 is 2.38 bits per heavy atom. The molecule has 70 valence electrons. The Kier molecular flexibility index (Phi) is 3.92. The van der Waals surface area contributed by atoms with Crippen LogP contribution in [0.5, 0.6) is 0 Å². The summed E-state index contributed by atoms with van der Waals surface area (Å²) in [6, 6.07) is 5.59. The first-order valence-corrected chi connectivity index (χ1v) is 4.55. The van der Waals surface area contributed by atoms with Crippen LogP contribution in [0.4, 0.5) is 5.69 Å². The molecule has 0 heterocycles. The van der Waals surface area contributed by atoms with Gasteiger partial charge in [0, 0.05) is 22.8 Å². The molecule has 0 spiro atoms. The molecule has 1 aromatic rings. The molecule has 3 nitrogen and oxygen atoms in total. The molecule has 0 aromatic heterocycles. The van der Waals surface area contributed by atoms with Gasteiger partial charge in [-0.2, -0.15) is 0 Å². The van der Waals surface area contributed by atoms with E-state index >= 15 is 0 Å². The Morgan fingerprint density at radius 3 is 3.00 bits per heavy atom. The van der Waals surface area contributed by atoms with E-state index in [0.717, 1.165) is 15.7 Å². The van der Waals surface area contributed by atoms with Gasteiger partial charge < -0.3 is 10.1 Å². The average molecular weight is 244 g/mol. The highest BCUT2D eigenvalue weighted by Crippen LogP contribution is 2.24. The third-order valence-electron chi connectivity index (χ3n) is 1.62. The largest absolute Gasteiger partial charge is 0.380 e. The summed E-state index contributed by atoms with van der Waals surface area (Å²) in [5, 5.41) is 2.61. The average Bonchev–Trinajstić information content (AvgIpc) is 2.11. The Hall–Kier alpha value is -0.870. The van der Waals surface area contributed by atoms with E-state index in [2.05, 4.69) is 21.2 Å². The number of carbonyl (C=O) groups excluding carboxylic acids is 1. The fourth-order valence-electron chi connectivity index (χ4n) is 1.05. The number of hydrogen-bond acceptors (Lipinski definition) is 2. The monoisotopic (exact) mass is 243 g/mol. The second kappa shape index (κ2) is 4.99. The second-order valence-corrected chi connectivity index (χ2v) is 3.32. The Balaban J connectivity index is 3.01. The zero-order valence-electron chi connectivity index (χ0n) is 7.21. The Morgan fingerprint density at radius 1 is 1.62 bits per heavy atom. The minimum Gasteiger partial charge on any atom is -0.380 e. The minimum absolute atomic E-state index is 0.470. The molecule has 1 amide bonds. The lowest BCUT2D eigenvalue weighted by molar-refractivity contribution is -0.105. The van der Waals surface area contributed by atoms with Gasteiger partial charge in [-0.05, 0) is 12.1 Å². The van der Waals surface area contributed by atoms with Crippen molar-refractivity contribution in [1.82, 2.24) is 0 Å². The van der Waals surface area contributed by atoms with Crippen molar-refractivity contribution in [3.05, 3.63) is 28.2 Å². The molecule has 1 rings (SSSR count). The Labute approximate surface area is 85.2 Å². The van der Waals surface area contributed by atoms with Crippen LogP contribution in [0.1, 0.15) is 5.56 Å². The van der Waals surface area contributed by atoms with Crippen LogP contribution in [-0.2, 0) is 16.1 Å². The topological polar surface area (TPSA) is 38.3 Å². The van der Waals surface area contributed by atoms with E-state index in [1.807, 2.05) is 18.2 Å². The molecule has 0 aliphatic heterocycles. The predicted octanol–water partition coefficient (Wildman–Crippen LogP) is 2.16. The van der Waals surface area contributed by atoms with Crippen molar-refractivity contribution in [2.75, 3.05) is 12.4 Å². The van der Waals surface area contributed by atoms with Crippen molar-refractivity contribution in [3.63, 3.8) is 0 Å². The number of benzene rings is 1. The van der Waals surface area contributed by atoms with Crippen LogP contribution in [0.2, 0.25) is 0 Å². The lowest BCUT2D eigenvalue weighted by Gasteiger charge is -2.08. The van der Waals surface area contributed by atoms with Crippen molar-refractivity contribution in [3.8, 4) is 0 Å². The third-order valence-corrected chi connectivity index (χ3v) is 2.36. The maximum Gasteiger partial charge on any atom is 0.211 e. The van der Waals surface area contributed by atoms with Gasteiger partial charge in [-0.25, -0.2) is 0 Å².